The van der Waals surface area contributed by atoms with Crippen molar-refractivity contribution in [2.24, 2.45) is 0 Å². The quantitative estimate of drug-likeness (QED) is 0.308. The molecular weight excluding hydrogens is 396 g/mol. The Morgan fingerprint density at radius 1 is 0.806 bits per heavy atom. The van der Waals surface area contributed by atoms with E-state index >= 15 is 0 Å². The Kier molecular flexibility index (Phi) is 9.38. The smallest absolute Gasteiger partial charge is 0.310 e. The fraction of sp³-hybridized carbons (Fsp3) is 0.304. The van der Waals surface area contributed by atoms with Crippen molar-refractivity contribution in [2.45, 2.75) is 26.7 Å². The molecule has 0 aliphatic carbocycles. The monoisotopic (exact) mass is 424 g/mol. The number of carbonyl (C=O) groups excluding carboxylic acids is 4. The molecule has 0 bridgehead atoms. The van der Waals surface area contributed by atoms with E-state index in [-0.39, 0.29) is 17.8 Å². The molecule has 0 heterocycles. The minimum absolute atomic E-state index is 0.0251. The number of nitrogens with zero attached hydrogens (tertiary/aromatic N) is 1. The molecule has 164 valence electrons. The van der Waals surface area contributed by atoms with Gasteiger partial charge in [0.2, 0.25) is 0 Å². The van der Waals surface area contributed by atoms with Gasteiger partial charge in [0, 0.05) is 5.56 Å². The third kappa shape index (κ3) is 7.35. The lowest BCUT2D eigenvalue weighted by Gasteiger charge is -2.20. The molecular formula is C23H28N4O4. The average molecular weight is 425 g/mol. The van der Waals surface area contributed by atoms with Crippen LogP contribution in [-0.2, 0) is 9.59 Å². The number of hydrazine groups is 1. The summed E-state index contributed by atoms with van der Waals surface area (Å²) >= 11 is 0. The number of carbonyl (C=O) groups is 4. The van der Waals surface area contributed by atoms with Gasteiger partial charge in [-0.15, -0.1) is 0 Å². The van der Waals surface area contributed by atoms with Crippen molar-refractivity contribution in [1.82, 2.24) is 15.8 Å². The third-order valence-electron chi connectivity index (χ3n) is 4.42. The van der Waals surface area contributed by atoms with Crippen molar-refractivity contribution in [2.75, 3.05) is 25.0 Å². The Bertz CT molecular complexity index is 909. The van der Waals surface area contributed by atoms with Crippen LogP contribution >= 0.6 is 0 Å². The lowest BCUT2D eigenvalue weighted by Crippen LogP contribution is -2.48. The molecule has 2 aromatic carbocycles. The van der Waals surface area contributed by atoms with Crippen molar-refractivity contribution >= 4 is 29.2 Å². The number of para-hydroxylation sites is 1. The second kappa shape index (κ2) is 12.2. The van der Waals surface area contributed by atoms with Crippen molar-refractivity contribution in [1.29, 1.82) is 0 Å². The zero-order valence-corrected chi connectivity index (χ0v) is 17.8. The summed E-state index contributed by atoms with van der Waals surface area (Å²) in [5.74, 6) is -2.68. The highest BCUT2D eigenvalue weighted by Gasteiger charge is 2.21. The average Bonchev–Trinajstić information content (AvgIpc) is 2.78. The van der Waals surface area contributed by atoms with Crippen LogP contribution in [0.15, 0.2) is 54.6 Å². The molecule has 0 aromatic heterocycles. The van der Waals surface area contributed by atoms with E-state index in [1.165, 1.54) is 12.1 Å². The first kappa shape index (κ1) is 23.8. The Balaban J connectivity index is 1.99. The number of ketones is 1. The molecule has 0 saturated carbocycles. The topological polar surface area (TPSA) is 108 Å². The van der Waals surface area contributed by atoms with E-state index in [2.05, 4.69) is 16.2 Å². The number of nitrogens with one attached hydrogen (secondary N) is 3. The molecule has 0 atom stereocenters. The molecule has 0 saturated heterocycles. The van der Waals surface area contributed by atoms with Gasteiger partial charge in [-0.05, 0) is 50.2 Å². The first-order chi connectivity index (χ1) is 15.0. The zero-order chi connectivity index (χ0) is 22.6. The summed E-state index contributed by atoms with van der Waals surface area (Å²) in [5, 5.41) is 2.65. The molecule has 0 spiro atoms. The Morgan fingerprint density at radius 3 is 2.06 bits per heavy atom. The summed E-state index contributed by atoms with van der Waals surface area (Å²) < 4.78 is 0. The van der Waals surface area contributed by atoms with Gasteiger partial charge in [0.15, 0.2) is 0 Å². The number of Topliss-reactive ketones (excluding diaryl/α,β-unsaturated/α-hetero) is 1. The largest absolute Gasteiger partial charge is 0.321 e. The third-order valence-corrected chi connectivity index (χ3v) is 4.42. The van der Waals surface area contributed by atoms with Gasteiger partial charge < -0.3 is 5.32 Å². The van der Waals surface area contributed by atoms with Crippen LogP contribution in [-0.4, -0.2) is 48.0 Å². The molecule has 2 rings (SSSR count). The van der Waals surface area contributed by atoms with Crippen molar-refractivity contribution < 1.29 is 19.2 Å². The standard InChI is InChI=1S/C23H28N4O4/c1-3-14-27(15-4-2)16-20(28)25-26-23(31)21(29)18-12-8-9-13-19(18)24-22(30)17-10-6-5-7-11-17/h5-13H,3-4,14-16H2,1-2H3,(H,24,30)(H,25,28)(H,26,31). The molecule has 8 nitrogen and oxygen atoms in total. The Morgan fingerprint density at radius 2 is 1.42 bits per heavy atom. The fourth-order valence-electron chi connectivity index (χ4n) is 3.02. The van der Waals surface area contributed by atoms with Crippen molar-refractivity contribution in [3.63, 3.8) is 0 Å². The predicted octanol–water partition coefficient (Wildman–Crippen LogP) is 2.39. The van der Waals surface area contributed by atoms with Gasteiger partial charge >= 0.3 is 5.91 Å². The van der Waals surface area contributed by atoms with Crippen LogP contribution in [0.5, 0.6) is 0 Å². The van der Waals surface area contributed by atoms with Gasteiger partial charge in [0.1, 0.15) is 0 Å². The minimum atomic E-state index is -0.993. The van der Waals surface area contributed by atoms with Gasteiger partial charge in [-0.2, -0.15) is 0 Å². The summed E-state index contributed by atoms with van der Waals surface area (Å²) in [6.07, 6.45) is 1.81. The predicted molar refractivity (Wildman–Crippen MR) is 118 cm³/mol. The molecule has 3 N–H and O–H groups in total. The molecule has 3 amide bonds. The normalized spacial score (nSPS) is 10.4. The summed E-state index contributed by atoms with van der Waals surface area (Å²) in [6, 6.07) is 14.7. The van der Waals surface area contributed by atoms with Crippen LogP contribution < -0.4 is 16.2 Å². The summed E-state index contributed by atoms with van der Waals surface area (Å²) in [4.78, 5) is 51.4. The Hall–Kier alpha value is -3.52. The minimum Gasteiger partial charge on any atom is -0.321 e. The number of hydrogen-bond acceptors (Lipinski definition) is 5. The molecule has 0 unspecified atom stereocenters. The molecule has 0 aliphatic heterocycles. The number of benzene rings is 2. The van der Waals surface area contributed by atoms with E-state index in [0.29, 0.717) is 5.56 Å². The van der Waals surface area contributed by atoms with Gasteiger partial charge in [-0.25, -0.2) is 0 Å². The maximum Gasteiger partial charge on any atom is 0.310 e. The van der Waals surface area contributed by atoms with E-state index in [4.69, 9.17) is 0 Å². The van der Waals surface area contributed by atoms with Gasteiger partial charge in [-0.3, -0.25) is 34.9 Å². The van der Waals surface area contributed by atoms with Crippen LogP contribution in [0.4, 0.5) is 5.69 Å². The molecule has 2 aromatic rings. The Labute approximate surface area is 182 Å². The maximum absolute atomic E-state index is 12.6. The lowest BCUT2D eigenvalue weighted by molar-refractivity contribution is -0.127. The SMILES string of the molecule is CCCN(CCC)CC(=O)NNC(=O)C(=O)c1ccccc1NC(=O)c1ccccc1. The fourth-order valence-corrected chi connectivity index (χ4v) is 3.02. The number of amides is 3. The molecule has 0 radical (unpaired) electrons. The van der Waals surface area contributed by atoms with Gasteiger partial charge in [-0.1, -0.05) is 44.2 Å². The van der Waals surface area contributed by atoms with Gasteiger partial charge in [0.25, 0.3) is 17.6 Å². The van der Waals surface area contributed by atoms with E-state index in [9.17, 15) is 19.2 Å². The van der Waals surface area contributed by atoms with Crippen LogP contribution in [0.1, 0.15) is 47.4 Å². The number of hydrogen-bond donors (Lipinski definition) is 3. The van der Waals surface area contributed by atoms with Crippen molar-refractivity contribution in [3.8, 4) is 0 Å². The van der Waals surface area contributed by atoms with Crippen LogP contribution in [0, 0.1) is 0 Å². The molecule has 31 heavy (non-hydrogen) atoms. The number of rotatable bonds is 10. The highest BCUT2D eigenvalue weighted by molar-refractivity contribution is 6.44. The van der Waals surface area contributed by atoms with E-state index in [0.717, 1.165) is 25.9 Å². The second-order valence-electron chi connectivity index (χ2n) is 6.97. The summed E-state index contributed by atoms with van der Waals surface area (Å²) in [6.45, 7) is 5.70. The maximum atomic E-state index is 12.6. The zero-order valence-electron chi connectivity index (χ0n) is 17.8. The van der Waals surface area contributed by atoms with Gasteiger partial charge in [0.05, 0.1) is 17.8 Å². The van der Waals surface area contributed by atoms with E-state index in [1.54, 1.807) is 42.5 Å². The second-order valence-corrected chi connectivity index (χ2v) is 6.97. The van der Waals surface area contributed by atoms with Crippen LogP contribution in [0.25, 0.3) is 0 Å². The molecule has 0 aliphatic rings. The van der Waals surface area contributed by atoms with Crippen LogP contribution in [0.2, 0.25) is 0 Å². The van der Waals surface area contributed by atoms with Crippen LogP contribution in [0.3, 0.4) is 0 Å². The summed E-state index contributed by atoms with van der Waals surface area (Å²) in [7, 11) is 0. The van der Waals surface area contributed by atoms with E-state index in [1.807, 2.05) is 18.7 Å². The molecule has 8 heteroatoms. The highest BCUT2D eigenvalue weighted by Crippen LogP contribution is 2.17. The highest BCUT2D eigenvalue weighted by atomic mass is 16.2. The first-order valence-corrected chi connectivity index (χ1v) is 10.3. The van der Waals surface area contributed by atoms with E-state index < -0.39 is 23.5 Å². The summed E-state index contributed by atoms with van der Waals surface area (Å²) in [5.41, 5.74) is 5.09. The van der Waals surface area contributed by atoms with Crippen molar-refractivity contribution in [3.05, 3.63) is 65.7 Å². The lowest BCUT2D eigenvalue weighted by atomic mass is 10.1. The number of anilines is 1. The molecule has 0 fully saturated rings. The first-order valence-electron chi connectivity index (χ1n) is 10.3.